The van der Waals surface area contributed by atoms with E-state index >= 15 is 0 Å². The number of carbonyl (C=O) groups excluding carboxylic acids is 2. The van der Waals surface area contributed by atoms with Gasteiger partial charge in [0, 0.05) is 11.8 Å². The molecule has 0 amide bonds. The molecule has 2 bridgehead atoms. The summed E-state index contributed by atoms with van der Waals surface area (Å²) in [4.78, 5) is 26.9. The summed E-state index contributed by atoms with van der Waals surface area (Å²) in [7, 11) is 0. The van der Waals surface area contributed by atoms with Gasteiger partial charge in [0.05, 0.1) is 11.1 Å². The van der Waals surface area contributed by atoms with Crippen molar-refractivity contribution in [2.45, 2.75) is 51.2 Å². The lowest BCUT2D eigenvalue weighted by atomic mass is 9.76. The first-order valence-corrected chi connectivity index (χ1v) is 16.5. The zero-order valence-electron chi connectivity index (χ0n) is 26.5. The maximum absolute atomic E-state index is 13.5. The second kappa shape index (κ2) is 12.6. The van der Waals surface area contributed by atoms with Gasteiger partial charge in [0.25, 0.3) is 0 Å². The third kappa shape index (κ3) is 5.40. The average molecular weight is 609 g/mol. The van der Waals surface area contributed by atoms with Gasteiger partial charge in [-0.25, -0.2) is 9.59 Å². The summed E-state index contributed by atoms with van der Waals surface area (Å²) in [6, 6.07) is 31.1. The largest absolute Gasteiger partial charge is 0.455 e. The molecule has 6 unspecified atom stereocenters. The Morgan fingerprint density at radius 3 is 1.93 bits per heavy atom. The molecule has 0 heterocycles. The van der Waals surface area contributed by atoms with Crippen LogP contribution in [0.1, 0.15) is 69.2 Å². The van der Waals surface area contributed by atoms with E-state index in [1.54, 1.807) is 24.3 Å². The maximum Gasteiger partial charge on any atom is 0.338 e. The predicted molar refractivity (Wildman–Crippen MR) is 182 cm³/mol. The number of fused-ring (bicyclic) bond motifs is 7. The Hall–Kier alpha value is -4.70. The Morgan fingerprint density at radius 2 is 1.37 bits per heavy atom. The van der Waals surface area contributed by atoms with Crippen LogP contribution in [0.3, 0.4) is 0 Å². The summed E-state index contributed by atoms with van der Waals surface area (Å²) in [5.41, 5.74) is 8.66. The molecule has 0 radical (unpaired) electrons. The molecule has 0 aromatic heterocycles. The molecule has 4 heteroatoms. The molecule has 3 aliphatic rings. The number of rotatable bonds is 9. The molecule has 4 aromatic carbocycles. The second-order valence-corrected chi connectivity index (χ2v) is 13.3. The summed E-state index contributed by atoms with van der Waals surface area (Å²) in [5.74, 6) is 0.386. The molecule has 2 saturated carbocycles. The fraction of sp³-hybridized carbons (Fsp3) is 0.286. The Kier molecular flexibility index (Phi) is 8.21. The minimum absolute atomic E-state index is 0.0526. The normalized spacial score (nSPS) is 24.2. The van der Waals surface area contributed by atoms with Crippen LogP contribution in [0.25, 0.3) is 17.2 Å². The number of carbonyl (C=O) groups is 2. The minimum atomic E-state index is -0.525. The summed E-state index contributed by atoms with van der Waals surface area (Å²) >= 11 is 0. The van der Waals surface area contributed by atoms with E-state index in [1.807, 2.05) is 42.5 Å². The zero-order valence-corrected chi connectivity index (χ0v) is 26.5. The number of esters is 2. The Bertz CT molecular complexity index is 1770. The highest BCUT2D eigenvalue weighted by Crippen LogP contribution is 2.64. The van der Waals surface area contributed by atoms with E-state index < -0.39 is 12.2 Å². The fourth-order valence-corrected chi connectivity index (χ4v) is 8.39. The first-order valence-electron chi connectivity index (χ1n) is 16.5. The second-order valence-electron chi connectivity index (χ2n) is 13.3. The van der Waals surface area contributed by atoms with Crippen LogP contribution in [0.5, 0.6) is 0 Å². The summed E-state index contributed by atoms with van der Waals surface area (Å²) in [6.07, 6.45) is 8.15. The molecule has 232 valence electrons. The number of hydrogen-bond acceptors (Lipinski definition) is 4. The zero-order chi connectivity index (χ0) is 31.8. The third-order valence-electron chi connectivity index (χ3n) is 10.2. The van der Waals surface area contributed by atoms with E-state index in [9.17, 15) is 9.59 Å². The first-order chi connectivity index (χ1) is 22.4. The van der Waals surface area contributed by atoms with Crippen molar-refractivity contribution in [2.75, 3.05) is 0 Å². The van der Waals surface area contributed by atoms with Crippen molar-refractivity contribution in [3.8, 4) is 11.1 Å². The molecular weight excluding hydrogens is 568 g/mol. The van der Waals surface area contributed by atoms with Gasteiger partial charge in [-0.3, -0.25) is 0 Å². The van der Waals surface area contributed by atoms with Gasteiger partial charge in [-0.15, -0.1) is 0 Å². The highest BCUT2D eigenvalue weighted by molar-refractivity contribution is 5.90. The number of hydrogen-bond donors (Lipinski definition) is 0. The Balaban J connectivity index is 1.30. The first kappa shape index (κ1) is 30.0. The molecule has 4 aromatic rings. The molecule has 0 aliphatic heterocycles. The van der Waals surface area contributed by atoms with Gasteiger partial charge in [0.15, 0.2) is 0 Å². The smallest absolute Gasteiger partial charge is 0.338 e. The topological polar surface area (TPSA) is 52.6 Å². The van der Waals surface area contributed by atoms with Crippen molar-refractivity contribution in [3.05, 3.63) is 149 Å². The van der Waals surface area contributed by atoms with E-state index in [0.717, 1.165) is 24.8 Å². The third-order valence-corrected chi connectivity index (χ3v) is 10.2. The van der Waals surface area contributed by atoms with E-state index in [0.29, 0.717) is 23.0 Å². The molecule has 46 heavy (non-hydrogen) atoms. The lowest BCUT2D eigenvalue weighted by molar-refractivity contribution is -0.0698. The highest BCUT2D eigenvalue weighted by Gasteiger charge is 2.63. The van der Waals surface area contributed by atoms with Crippen LogP contribution in [0, 0.1) is 23.7 Å². The van der Waals surface area contributed by atoms with Crippen molar-refractivity contribution in [3.63, 3.8) is 0 Å². The van der Waals surface area contributed by atoms with Crippen molar-refractivity contribution in [1.82, 2.24) is 0 Å². The molecule has 0 saturated heterocycles. The van der Waals surface area contributed by atoms with Crippen LogP contribution in [0.15, 0.2) is 116 Å². The quantitative estimate of drug-likeness (QED) is 0.140. The lowest BCUT2D eigenvalue weighted by Gasteiger charge is -2.37. The lowest BCUT2D eigenvalue weighted by Crippen LogP contribution is -2.45. The van der Waals surface area contributed by atoms with Gasteiger partial charge < -0.3 is 9.47 Å². The molecule has 0 N–H and O–H groups in total. The van der Waals surface area contributed by atoms with Crippen molar-refractivity contribution in [1.29, 1.82) is 0 Å². The number of benzene rings is 4. The average Bonchev–Trinajstić information content (AvgIpc) is 3.75. The van der Waals surface area contributed by atoms with Crippen LogP contribution in [0.2, 0.25) is 0 Å². The SMILES string of the molecule is C=Cc1cc2c(c(C/C=C/C(C)C)c1-c1ccccc1)CC1C3CC(C(OC(=O)c4ccccc4)C3OC(=O)c3ccccc3)C21. The van der Waals surface area contributed by atoms with E-state index in [4.69, 9.17) is 9.47 Å². The molecule has 6 atom stereocenters. The van der Waals surface area contributed by atoms with Crippen LogP contribution < -0.4 is 0 Å². The van der Waals surface area contributed by atoms with Gasteiger partial charge in [-0.2, -0.15) is 0 Å². The standard InChI is InChI=1S/C42H40O4/c1-4-27-23-33-32(31(22-14-15-26(2)3)37(27)28-16-8-5-9-17-28)24-34-35-25-36(38(33)34)40(46-42(44)30-20-12-7-13-21-30)39(35)45-41(43)29-18-10-6-11-19-29/h4-21,23,26,34-36,38-40H,1,22,24-25H2,2-3H3/b15-14+. The molecule has 0 spiro atoms. The summed E-state index contributed by atoms with van der Waals surface area (Å²) in [5, 5.41) is 0. The van der Waals surface area contributed by atoms with Crippen molar-refractivity contribution < 1.29 is 19.1 Å². The highest BCUT2D eigenvalue weighted by atomic mass is 16.6. The van der Waals surface area contributed by atoms with Crippen LogP contribution in [-0.4, -0.2) is 24.1 Å². The minimum Gasteiger partial charge on any atom is -0.455 e. The number of allylic oxidation sites excluding steroid dienone is 2. The molecule has 3 aliphatic carbocycles. The maximum atomic E-state index is 13.5. The summed E-state index contributed by atoms with van der Waals surface area (Å²) in [6.45, 7) is 8.65. The van der Waals surface area contributed by atoms with Gasteiger partial charge in [-0.1, -0.05) is 111 Å². The van der Waals surface area contributed by atoms with E-state index in [2.05, 4.69) is 69.0 Å². The number of ether oxygens (including phenoxy) is 2. The molecule has 4 nitrogen and oxygen atoms in total. The molecular formula is C42H40O4. The van der Waals surface area contributed by atoms with Gasteiger partial charge in [-0.05, 0) is 94.7 Å². The van der Waals surface area contributed by atoms with Crippen molar-refractivity contribution in [2.24, 2.45) is 23.7 Å². The summed E-state index contributed by atoms with van der Waals surface area (Å²) < 4.78 is 12.6. The Morgan fingerprint density at radius 1 is 0.804 bits per heavy atom. The predicted octanol–water partition coefficient (Wildman–Crippen LogP) is 9.11. The van der Waals surface area contributed by atoms with Crippen LogP contribution in [-0.2, 0) is 22.3 Å². The van der Waals surface area contributed by atoms with E-state index in [-0.39, 0.29) is 29.7 Å². The molecule has 7 rings (SSSR count). The van der Waals surface area contributed by atoms with Gasteiger partial charge >= 0.3 is 11.9 Å². The van der Waals surface area contributed by atoms with Crippen molar-refractivity contribution >= 4 is 18.0 Å². The molecule has 2 fully saturated rings. The Labute approximate surface area is 271 Å². The van der Waals surface area contributed by atoms with Crippen LogP contribution >= 0.6 is 0 Å². The fourth-order valence-electron chi connectivity index (χ4n) is 8.39. The van der Waals surface area contributed by atoms with E-state index in [1.165, 1.54) is 27.8 Å². The van der Waals surface area contributed by atoms with Gasteiger partial charge in [0.2, 0.25) is 0 Å². The van der Waals surface area contributed by atoms with Gasteiger partial charge in [0.1, 0.15) is 12.2 Å². The monoisotopic (exact) mass is 608 g/mol. The van der Waals surface area contributed by atoms with Crippen LogP contribution in [0.4, 0.5) is 0 Å².